The third kappa shape index (κ3) is 2.05. The molecule has 2 heteroatoms. The smallest absolute Gasteiger partial charge is 0.131 e. The standard InChI is InChI=1S/C17H20O2/c1-11(2)19-17-14-9-5-3-7-12(14)16(18)13-8-4-6-10-15(13)17/h3,5,7,9,11,18H,4,6,8,10H2,1-2H3. The highest BCUT2D eigenvalue weighted by molar-refractivity contribution is 5.96. The normalized spacial score (nSPS) is 14.7. The Morgan fingerprint density at radius 2 is 1.63 bits per heavy atom. The summed E-state index contributed by atoms with van der Waals surface area (Å²) in [7, 11) is 0. The second kappa shape index (κ2) is 4.76. The maximum atomic E-state index is 10.5. The minimum atomic E-state index is 0.152. The van der Waals surface area contributed by atoms with Gasteiger partial charge in [0.1, 0.15) is 11.5 Å². The molecule has 0 aliphatic heterocycles. The van der Waals surface area contributed by atoms with Crippen molar-refractivity contribution in [1.82, 2.24) is 0 Å². The Morgan fingerprint density at radius 1 is 1.00 bits per heavy atom. The van der Waals surface area contributed by atoms with E-state index in [4.69, 9.17) is 4.74 Å². The summed E-state index contributed by atoms with van der Waals surface area (Å²) in [6.07, 6.45) is 4.45. The quantitative estimate of drug-likeness (QED) is 0.872. The number of fused-ring (bicyclic) bond motifs is 2. The minimum Gasteiger partial charge on any atom is -0.507 e. The molecule has 0 bridgehead atoms. The van der Waals surface area contributed by atoms with E-state index >= 15 is 0 Å². The predicted octanol–water partition coefficient (Wildman–Crippen LogP) is 4.21. The number of benzene rings is 2. The monoisotopic (exact) mass is 256 g/mol. The van der Waals surface area contributed by atoms with Crippen molar-refractivity contribution in [3.63, 3.8) is 0 Å². The van der Waals surface area contributed by atoms with Gasteiger partial charge in [-0.3, -0.25) is 0 Å². The molecule has 2 aromatic rings. The van der Waals surface area contributed by atoms with Crippen molar-refractivity contribution in [3.05, 3.63) is 35.4 Å². The van der Waals surface area contributed by atoms with E-state index in [1.807, 2.05) is 24.3 Å². The van der Waals surface area contributed by atoms with E-state index in [0.29, 0.717) is 5.75 Å². The average Bonchev–Trinajstić information content (AvgIpc) is 2.43. The summed E-state index contributed by atoms with van der Waals surface area (Å²) in [6.45, 7) is 4.10. The summed E-state index contributed by atoms with van der Waals surface area (Å²) < 4.78 is 6.07. The molecule has 2 aromatic carbocycles. The lowest BCUT2D eigenvalue weighted by atomic mass is 9.87. The van der Waals surface area contributed by atoms with Gasteiger partial charge in [-0.25, -0.2) is 0 Å². The molecule has 100 valence electrons. The van der Waals surface area contributed by atoms with E-state index in [1.165, 1.54) is 12.0 Å². The molecule has 0 heterocycles. The zero-order valence-electron chi connectivity index (χ0n) is 11.6. The SMILES string of the molecule is CC(C)Oc1c2c(c(O)c3ccccc13)CCCC2. The van der Waals surface area contributed by atoms with Crippen LogP contribution in [0.2, 0.25) is 0 Å². The first-order valence-electron chi connectivity index (χ1n) is 7.10. The van der Waals surface area contributed by atoms with E-state index in [2.05, 4.69) is 13.8 Å². The fourth-order valence-electron chi connectivity index (χ4n) is 3.00. The molecule has 0 fully saturated rings. The highest BCUT2D eigenvalue weighted by Crippen LogP contribution is 2.43. The summed E-state index contributed by atoms with van der Waals surface area (Å²) in [5, 5.41) is 12.5. The maximum Gasteiger partial charge on any atom is 0.131 e. The molecule has 19 heavy (non-hydrogen) atoms. The van der Waals surface area contributed by atoms with Crippen LogP contribution >= 0.6 is 0 Å². The van der Waals surface area contributed by atoms with Gasteiger partial charge in [0.2, 0.25) is 0 Å². The molecule has 0 atom stereocenters. The van der Waals surface area contributed by atoms with Crippen molar-refractivity contribution in [2.75, 3.05) is 0 Å². The van der Waals surface area contributed by atoms with E-state index in [1.54, 1.807) is 0 Å². The van der Waals surface area contributed by atoms with Gasteiger partial charge in [-0.15, -0.1) is 0 Å². The third-order valence-corrected chi connectivity index (χ3v) is 3.81. The zero-order chi connectivity index (χ0) is 13.4. The van der Waals surface area contributed by atoms with Gasteiger partial charge in [-0.2, -0.15) is 0 Å². The van der Waals surface area contributed by atoms with Crippen LogP contribution in [0.1, 0.15) is 37.8 Å². The van der Waals surface area contributed by atoms with Crippen LogP contribution in [-0.4, -0.2) is 11.2 Å². The maximum absolute atomic E-state index is 10.5. The van der Waals surface area contributed by atoms with Crippen LogP contribution in [0, 0.1) is 0 Å². The van der Waals surface area contributed by atoms with Gasteiger partial charge < -0.3 is 9.84 Å². The number of hydrogen-bond donors (Lipinski definition) is 1. The molecule has 1 aliphatic rings. The highest BCUT2D eigenvalue weighted by atomic mass is 16.5. The Labute approximate surface area is 114 Å². The minimum absolute atomic E-state index is 0.152. The van der Waals surface area contributed by atoms with Crippen LogP contribution in [0.15, 0.2) is 24.3 Å². The fraction of sp³-hybridized carbons (Fsp3) is 0.412. The number of aromatic hydroxyl groups is 1. The van der Waals surface area contributed by atoms with Crippen molar-refractivity contribution >= 4 is 10.8 Å². The molecule has 0 amide bonds. The zero-order valence-corrected chi connectivity index (χ0v) is 11.6. The third-order valence-electron chi connectivity index (χ3n) is 3.81. The molecule has 2 nitrogen and oxygen atoms in total. The summed E-state index contributed by atoms with van der Waals surface area (Å²) in [6, 6.07) is 8.00. The van der Waals surface area contributed by atoms with Crippen molar-refractivity contribution in [2.45, 2.75) is 45.6 Å². The number of phenols is 1. The summed E-state index contributed by atoms with van der Waals surface area (Å²) >= 11 is 0. The molecule has 0 aromatic heterocycles. The van der Waals surface area contributed by atoms with Crippen LogP contribution < -0.4 is 4.74 Å². The van der Waals surface area contributed by atoms with E-state index < -0.39 is 0 Å². The Hall–Kier alpha value is -1.70. The van der Waals surface area contributed by atoms with Crippen molar-refractivity contribution in [2.24, 2.45) is 0 Å². The molecule has 0 saturated heterocycles. The van der Waals surface area contributed by atoms with E-state index in [9.17, 15) is 5.11 Å². The second-order valence-corrected chi connectivity index (χ2v) is 5.55. The molecule has 0 unspecified atom stereocenters. The summed E-state index contributed by atoms with van der Waals surface area (Å²) in [4.78, 5) is 0. The number of ether oxygens (including phenoxy) is 1. The molecule has 0 radical (unpaired) electrons. The Balaban J connectivity index is 2.33. The lowest BCUT2D eigenvalue weighted by Crippen LogP contribution is -2.12. The lowest BCUT2D eigenvalue weighted by molar-refractivity contribution is 0.242. The van der Waals surface area contributed by atoms with Gasteiger partial charge in [0, 0.05) is 21.9 Å². The van der Waals surface area contributed by atoms with E-state index in [-0.39, 0.29) is 6.10 Å². The van der Waals surface area contributed by atoms with Crippen molar-refractivity contribution in [1.29, 1.82) is 0 Å². The first-order valence-corrected chi connectivity index (χ1v) is 7.10. The molecule has 1 N–H and O–H groups in total. The topological polar surface area (TPSA) is 29.5 Å². The van der Waals surface area contributed by atoms with Crippen LogP contribution in [0.25, 0.3) is 10.8 Å². The first kappa shape index (κ1) is 12.3. The van der Waals surface area contributed by atoms with Crippen LogP contribution in [0.5, 0.6) is 11.5 Å². The second-order valence-electron chi connectivity index (χ2n) is 5.55. The predicted molar refractivity (Wildman–Crippen MR) is 78.0 cm³/mol. The molecule has 0 spiro atoms. The van der Waals surface area contributed by atoms with Crippen LogP contribution in [-0.2, 0) is 12.8 Å². The largest absolute Gasteiger partial charge is 0.507 e. The highest BCUT2D eigenvalue weighted by Gasteiger charge is 2.22. The lowest BCUT2D eigenvalue weighted by Gasteiger charge is -2.24. The summed E-state index contributed by atoms with van der Waals surface area (Å²) in [5.74, 6) is 1.44. The van der Waals surface area contributed by atoms with Gasteiger partial charge >= 0.3 is 0 Å². The van der Waals surface area contributed by atoms with Crippen LogP contribution in [0.3, 0.4) is 0 Å². The fourth-order valence-corrected chi connectivity index (χ4v) is 3.00. The van der Waals surface area contributed by atoms with Gasteiger partial charge in [0.15, 0.2) is 0 Å². The van der Waals surface area contributed by atoms with Gasteiger partial charge in [0.05, 0.1) is 6.10 Å². The van der Waals surface area contributed by atoms with Crippen molar-refractivity contribution < 1.29 is 9.84 Å². The first-order chi connectivity index (χ1) is 9.18. The van der Waals surface area contributed by atoms with Gasteiger partial charge in [0.25, 0.3) is 0 Å². The Bertz CT molecular complexity index is 614. The Kier molecular flexibility index (Phi) is 3.09. The number of hydrogen-bond acceptors (Lipinski definition) is 2. The number of phenolic OH excluding ortho intramolecular Hbond substituents is 1. The molecular formula is C17H20O2. The van der Waals surface area contributed by atoms with Crippen molar-refractivity contribution in [3.8, 4) is 11.5 Å². The Morgan fingerprint density at radius 3 is 2.32 bits per heavy atom. The molecule has 3 rings (SSSR count). The molecular weight excluding hydrogens is 236 g/mol. The van der Waals surface area contributed by atoms with Crippen LogP contribution in [0.4, 0.5) is 0 Å². The summed E-state index contributed by atoms with van der Waals surface area (Å²) in [5.41, 5.74) is 2.32. The molecule has 1 aliphatic carbocycles. The van der Waals surface area contributed by atoms with Gasteiger partial charge in [-0.05, 0) is 39.5 Å². The molecule has 0 saturated carbocycles. The van der Waals surface area contributed by atoms with E-state index in [0.717, 1.165) is 41.3 Å². The van der Waals surface area contributed by atoms with Gasteiger partial charge in [-0.1, -0.05) is 24.3 Å². The number of rotatable bonds is 2. The average molecular weight is 256 g/mol.